The molecule has 8 heteroatoms. The van der Waals surface area contributed by atoms with Crippen molar-refractivity contribution in [3.05, 3.63) is 53.9 Å². The number of thioether (sulfide) groups is 1. The van der Waals surface area contributed by atoms with Gasteiger partial charge in [-0.25, -0.2) is 9.67 Å². The molecule has 0 aliphatic carbocycles. The van der Waals surface area contributed by atoms with Crippen molar-refractivity contribution in [3.8, 4) is 5.95 Å². The van der Waals surface area contributed by atoms with E-state index in [1.807, 2.05) is 35.9 Å². The summed E-state index contributed by atoms with van der Waals surface area (Å²) in [5, 5.41) is 12.7. The van der Waals surface area contributed by atoms with Crippen LogP contribution in [0.15, 0.2) is 47.8 Å². The highest BCUT2D eigenvalue weighted by Crippen LogP contribution is 2.29. The molecule has 0 radical (unpaired) electrons. The monoisotopic (exact) mass is 337 g/mol. The van der Waals surface area contributed by atoms with Gasteiger partial charge in [0, 0.05) is 19.0 Å². The van der Waals surface area contributed by atoms with E-state index < -0.39 is 0 Å². The number of hydrogen-bond donors (Lipinski definition) is 0. The van der Waals surface area contributed by atoms with E-state index in [1.54, 1.807) is 22.6 Å². The molecular weight excluding hydrogens is 322 g/mol. The molecule has 120 valence electrons. The molecule has 0 saturated heterocycles. The summed E-state index contributed by atoms with van der Waals surface area (Å²) in [5.74, 6) is 1.38. The number of pyridine rings is 1. The number of aryl methyl sites for hydroxylation is 2. The van der Waals surface area contributed by atoms with E-state index in [-0.39, 0.29) is 0 Å². The third-order valence-electron chi connectivity index (χ3n) is 3.65. The van der Waals surface area contributed by atoms with Crippen molar-refractivity contribution in [3.63, 3.8) is 0 Å². The molecule has 3 aromatic heterocycles. The predicted octanol–water partition coefficient (Wildman–Crippen LogP) is 2.54. The summed E-state index contributed by atoms with van der Waals surface area (Å²) in [7, 11) is 1.82. The fourth-order valence-corrected chi connectivity index (χ4v) is 3.41. The van der Waals surface area contributed by atoms with Gasteiger partial charge in [0.1, 0.15) is 0 Å². The molecular formula is C16H15N7S. The molecule has 1 aromatic carbocycles. The summed E-state index contributed by atoms with van der Waals surface area (Å²) in [6.45, 7) is 2.06. The minimum Gasteiger partial charge on any atom is -0.260 e. The minimum absolute atomic E-state index is 0.645. The fourth-order valence-electron chi connectivity index (χ4n) is 2.49. The summed E-state index contributed by atoms with van der Waals surface area (Å²) in [6, 6.07) is 12.1. The van der Waals surface area contributed by atoms with Crippen LogP contribution < -0.4 is 0 Å². The highest BCUT2D eigenvalue weighted by Gasteiger charge is 2.17. The van der Waals surface area contributed by atoms with Gasteiger partial charge in [0.05, 0.1) is 16.7 Å². The van der Waals surface area contributed by atoms with E-state index in [4.69, 9.17) is 4.98 Å². The Morgan fingerprint density at radius 1 is 1.17 bits per heavy atom. The SMILES string of the molecule is Cc1ccc2nc(SCc3ccccn3)n(-c3nnnn3C)c2c1. The fraction of sp³-hybridized carbons (Fsp3) is 0.188. The van der Waals surface area contributed by atoms with Crippen LogP contribution in [0.5, 0.6) is 0 Å². The van der Waals surface area contributed by atoms with Gasteiger partial charge in [-0.15, -0.1) is 0 Å². The topological polar surface area (TPSA) is 74.3 Å². The zero-order valence-electron chi connectivity index (χ0n) is 13.3. The summed E-state index contributed by atoms with van der Waals surface area (Å²) in [4.78, 5) is 9.12. The lowest BCUT2D eigenvalue weighted by Crippen LogP contribution is -2.06. The maximum atomic E-state index is 4.76. The number of imidazole rings is 1. The Labute approximate surface area is 142 Å². The van der Waals surface area contributed by atoms with Gasteiger partial charge in [-0.1, -0.05) is 29.0 Å². The van der Waals surface area contributed by atoms with Gasteiger partial charge in [0.15, 0.2) is 5.16 Å². The number of nitrogens with zero attached hydrogens (tertiary/aromatic N) is 7. The average molecular weight is 337 g/mol. The van der Waals surface area contributed by atoms with Crippen LogP contribution in [0.3, 0.4) is 0 Å². The van der Waals surface area contributed by atoms with E-state index >= 15 is 0 Å². The smallest absolute Gasteiger partial charge is 0.256 e. The molecule has 0 saturated carbocycles. The van der Waals surface area contributed by atoms with Crippen LogP contribution in [-0.2, 0) is 12.8 Å². The van der Waals surface area contributed by atoms with Crippen molar-refractivity contribution < 1.29 is 0 Å². The molecule has 0 fully saturated rings. The predicted molar refractivity (Wildman–Crippen MR) is 92.0 cm³/mol. The van der Waals surface area contributed by atoms with E-state index in [1.165, 1.54) is 5.56 Å². The van der Waals surface area contributed by atoms with Gasteiger partial charge in [0.25, 0.3) is 5.95 Å². The van der Waals surface area contributed by atoms with Crippen LogP contribution in [-0.4, -0.2) is 34.7 Å². The van der Waals surface area contributed by atoms with Gasteiger partial charge in [-0.05, 0) is 47.2 Å². The maximum absolute atomic E-state index is 4.76. The van der Waals surface area contributed by atoms with Crippen molar-refractivity contribution in [1.29, 1.82) is 0 Å². The lowest BCUT2D eigenvalue weighted by atomic mass is 10.2. The quantitative estimate of drug-likeness (QED) is 0.533. The summed E-state index contributed by atoms with van der Waals surface area (Å²) in [6.07, 6.45) is 1.80. The second-order valence-corrected chi connectivity index (χ2v) is 6.38. The van der Waals surface area contributed by atoms with Crippen LogP contribution in [0.2, 0.25) is 0 Å². The Kier molecular flexibility index (Phi) is 3.73. The molecule has 3 heterocycles. The second-order valence-electron chi connectivity index (χ2n) is 5.43. The Hall–Kier alpha value is -2.74. The van der Waals surface area contributed by atoms with Crippen LogP contribution in [0, 0.1) is 6.92 Å². The molecule has 0 amide bonds. The van der Waals surface area contributed by atoms with Gasteiger partial charge >= 0.3 is 0 Å². The van der Waals surface area contributed by atoms with E-state index in [2.05, 4.69) is 39.6 Å². The molecule has 4 rings (SSSR count). The Balaban J connectivity index is 1.81. The third kappa shape index (κ3) is 2.65. The van der Waals surface area contributed by atoms with E-state index in [9.17, 15) is 0 Å². The van der Waals surface area contributed by atoms with Crippen LogP contribution in [0.1, 0.15) is 11.3 Å². The zero-order chi connectivity index (χ0) is 16.5. The van der Waals surface area contributed by atoms with Crippen LogP contribution >= 0.6 is 11.8 Å². The van der Waals surface area contributed by atoms with E-state index in [0.29, 0.717) is 5.95 Å². The largest absolute Gasteiger partial charge is 0.260 e. The minimum atomic E-state index is 0.645. The third-order valence-corrected chi connectivity index (χ3v) is 4.62. The molecule has 0 aliphatic heterocycles. The van der Waals surface area contributed by atoms with Gasteiger partial charge in [0.2, 0.25) is 0 Å². The standard InChI is InChI=1S/C16H15N7S/c1-11-6-7-13-14(9-11)23(15-19-20-21-22(15)2)16(18-13)24-10-12-5-3-4-8-17-12/h3-9H,10H2,1-2H3. The normalized spacial score (nSPS) is 11.2. The first kappa shape index (κ1) is 14.8. The molecule has 0 bridgehead atoms. The first-order valence-corrected chi connectivity index (χ1v) is 8.45. The van der Waals surface area contributed by atoms with Gasteiger partial charge in [-0.2, -0.15) is 0 Å². The molecule has 7 nitrogen and oxygen atoms in total. The highest BCUT2D eigenvalue weighted by molar-refractivity contribution is 7.98. The number of tetrazole rings is 1. The van der Waals surface area contributed by atoms with E-state index in [0.717, 1.165) is 27.6 Å². The Bertz CT molecular complexity index is 990. The van der Waals surface area contributed by atoms with Crippen LogP contribution in [0.4, 0.5) is 0 Å². The van der Waals surface area contributed by atoms with Crippen molar-refractivity contribution >= 4 is 22.8 Å². The summed E-state index contributed by atoms with van der Waals surface area (Å²) in [5.41, 5.74) is 4.09. The summed E-state index contributed by atoms with van der Waals surface area (Å²) >= 11 is 1.62. The lowest BCUT2D eigenvalue weighted by Gasteiger charge is -2.06. The number of fused-ring (bicyclic) bond motifs is 1. The first-order valence-electron chi connectivity index (χ1n) is 7.47. The van der Waals surface area contributed by atoms with Crippen molar-refractivity contribution in [2.75, 3.05) is 0 Å². The van der Waals surface area contributed by atoms with Crippen LogP contribution in [0.25, 0.3) is 17.0 Å². The van der Waals surface area contributed by atoms with Crippen molar-refractivity contribution in [1.82, 2.24) is 34.7 Å². The molecule has 0 N–H and O–H groups in total. The molecule has 0 spiro atoms. The van der Waals surface area contributed by atoms with Crippen molar-refractivity contribution in [2.45, 2.75) is 17.8 Å². The second kappa shape index (κ2) is 6.04. The zero-order valence-corrected chi connectivity index (χ0v) is 14.1. The number of hydrogen-bond acceptors (Lipinski definition) is 6. The van der Waals surface area contributed by atoms with Crippen molar-refractivity contribution in [2.24, 2.45) is 7.05 Å². The molecule has 0 aliphatic rings. The maximum Gasteiger partial charge on any atom is 0.256 e. The molecule has 0 atom stereocenters. The average Bonchev–Trinajstić information content (AvgIpc) is 3.16. The van der Waals surface area contributed by atoms with Gasteiger partial charge in [-0.3, -0.25) is 9.55 Å². The Morgan fingerprint density at radius 2 is 2.08 bits per heavy atom. The number of benzene rings is 1. The summed E-state index contributed by atoms with van der Waals surface area (Å²) < 4.78 is 3.64. The molecule has 24 heavy (non-hydrogen) atoms. The first-order chi connectivity index (χ1) is 11.7. The number of aromatic nitrogens is 7. The molecule has 0 unspecified atom stereocenters. The lowest BCUT2D eigenvalue weighted by molar-refractivity contribution is 0.682. The highest BCUT2D eigenvalue weighted by atomic mass is 32.2. The van der Waals surface area contributed by atoms with Gasteiger partial charge < -0.3 is 0 Å². The Morgan fingerprint density at radius 3 is 2.83 bits per heavy atom. The number of rotatable bonds is 4. The molecule has 4 aromatic rings.